The van der Waals surface area contributed by atoms with Crippen molar-refractivity contribution in [1.82, 2.24) is 9.55 Å². The Morgan fingerprint density at radius 1 is 0.808 bits per heavy atom. The maximum absolute atomic E-state index is 13.3. The third kappa shape index (κ3) is 2.95. The molecule has 2 aromatic carbocycles. The monoisotopic (exact) mass is 366 g/mol. The second-order valence-electron chi connectivity index (χ2n) is 6.13. The number of rotatable bonds is 3. The molecule has 0 N–H and O–H groups in total. The summed E-state index contributed by atoms with van der Waals surface area (Å²) in [7, 11) is 2.00. The summed E-state index contributed by atoms with van der Waals surface area (Å²) in [6.07, 6.45) is 0. The third-order valence-electron chi connectivity index (χ3n) is 4.44. The summed E-state index contributed by atoms with van der Waals surface area (Å²) in [5.41, 5.74) is 4.65. The maximum Gasteiger partial charge on any atom is 0.141 e. The normalized spacial score (nSPS) is 11.1. The van der Waals surface area contributed by atoms with Gasteiger partial charge >= 0.3 is 0 Å². The van der Waals surface area contributed by atoms with Crippen LogP contribution in [0.4, 0.5) is 8.78 Å². The van der Waals surface area contributed by atoms with Crippen molar-refractivity contribution in [3.05, 3.63) is 78.0 Å². The van der Waals surface area contributed by atoms with Gasteiger partial charge in [-0.15, -0.1) is 11.3 Å². The number of aromatic nitrogens is 2. The summed E-state index contributed by atoms with van der Waals surface area (Å²) >= 11 is 1.55. The smallest absolute Gasteiger partial charge is 0.141 e. The van der Waals surface area contributed by atoms with Gasteiger partial charge in [-0.2, -0.15) is 0 Å². The quantitative estimate of drug-likeness (QED) is 0.430. The van der Waals surface area contributed by atoms with Gasteiger partial charge in [-0.3, -0.25) is 0 Å². The Labute approximate surface area is 154 Å². The molecule has 2 heterocycles. The summed E-state index contributed by atoms with van der Waals surface area (Å²) in [6.45, 7) is 2.04. The number of thiazole rings is 1. The first kappa shape index (κ1) is 16.7. The van der Waals surface area contributed by atoms with E-state index >= 15 is 0 Å². The average molecular weight is 366 g/mol. The Morgan fingerprint density at radius 3 is 1.92 bits per heavy atom. The first-order valence-corrected chi connectivity index (χ1v) is 9.00. The molecule has 4 aromatic rings. The van der Waals surface area contributed by atoms with Gasteiger partial charge in [-0.1, -0.05) is 12.1 Å². The molecule has 0 saturated heterocycles. The second kappa shape index (κ2) is 6.50. The zero-order valence-electron chi connectivity index (χ0n) is 14.3. The van der Waals surface area contributed by atoms with E-state index in [4.69, 9.17) is 4.98 Å². The van der Waals surface area contributed by atoms with Crippen LogP contribution in [0, 0.1) is 18.6 Å². The van der Waals surface area contributed by atoms with Gasteiger partial charge < -0.3 is 4.57 Å². The highest BCUT2D eigenvalue weighted by Gasteiger charge is 2.18. The van der Waals surface area contributed by atoms with Crippen LogP contribution in [0.5, 0.6) is 0 Å². The topological polar surface area (TPSA) is 17.8 Å². The predicted molar refractivity (Wildman–Crippen MR) is 102 cm³/mol. The van der Waals surface area contributed by atoms with Crippen LogP contribution >= 0.6 is 11.3 Å². The predicted octanol–water partition coefficient (Wildman–Crippen LogP) is 6.07. The minimum absolute atomic E-state index is 0.278. The molecule has 0 radical (unpaired) electrons. The molecule has 2 aromatic heterocycles. The first-order chi connectivity index (χ1) is 12.5. The minimum Gasteiger partial charge on any atom is -0.346 e. The summed E-state index contributed by atoms with van der Waals surface area (Å²) < 4.78 is 28.8. The van der Waals surface area contributed by atoms with Crippen molar-refractivity contribution in [2.24, 2.45) is 7.05 Å². The molecule has 0 bridgehead atoms. The van der Waals surface area contributed by atoms with Gasteiger partial charge in [-0.05, 0) is 61.0 Å². The standard InChI is InChI=1S/C21H16F2N2S/c1-13-3-12-18(25(13)2)21-24-19(14-4-8-16(22)9-5-14)20(26-21)15-6-10-17(23)11-7-15/h3-12H,1-2H3. The highest BCUT2D eigenvalue weighted by Crippen LogP contribution is 2.40. The third-order valence-corrected chi connectivity index (χ3v) is 5.57. The highest BCUT2D eigenvalue weighted by atomic mass is 32.1. The molecule has 4 rings (SSSR count). The summed E-state index contributed by atoms with van der Waals surface area (Å²) in [6, 6.07) is 16.8. The lowest BCUT2D eigenvalue weighted by Gasteiger charge is -2.03. The Kier molecular flexibility index (Phi) is 4.17. The van der Waals surface area contributed by atoms with Gasteiger partial charge in [0.15, 0.2) is 0 Å². The lowest BCUT2D eigenvalue weighted by molar-refractivity contribution is 0.627. The largest absolute Gasteiger partial charge is 0.346 e. The second-order valence-corrected chi connectivity index (χ2v) is 7.13. The van der Waals surface area contributed by atoms with Gasteiger partial charge in [0.2, 0.25) is 0 Å². The Hall–Kier alpha value is -2.79. The van der Waals surface area contributed by atoms with Crippen molar-refractivity contribution in [2.45, 2.75) is 6.92 Å². The number of benzene rings is 2. The van der Waals surface area contributed by atoms with Crippen LogP contribution in [0.25, 0.3) is 32.4 Å². The molecule has 0 saturated carbocycles. The molecule has 0 unspecified atom stereocenters. The van der Waals surface area contributed by atoms with Gasteiger partial charge in [0, 0.05) is 18.3 Å². The van der Waals surface area contributed by atoms with Crippen molar-refractivity contribution in [2.75, 3.05) is 0 Å². The van der Waals surface area contributed by atoms with E-state index in [1.165, 1.54) is 24.3 Å². The SMILES string of the molecule is Cc1ccc(-c2nc(-c3ccc(F)cc3)c(-c3ccc(F)cc3)s2)n1C. The number of halogens is 2. The Balaban J connectivity index is 1.91. The number of hydrogen-bond acceptors (Lipinski definition) is 2. The van der Waals surface area contributed by atoms with Gasteiger partial charge in [0.1, 0.15) is 16.6 Å². The van der Waals surface area contributed by atoms with Crippen molar-refractivity contribution in [3.63, 3.8) is 0 Å². The van der Waals surface area contributed by atoms with E-state index in [0.717, 1.165) is 38.1 Å². The Bertz CT molecular complexity index is 998. The Morgan fingerprint density at radius 2 is 1.38 bits per heavy atom. The van der Waals surface area contributed by atoms with E-state index in [-0.39, 0.29) is 11.6 Å². The van der Waals surface area contributed by atoms with E-state index in [1.54, 1.807) is 35.6 Å². The van der Waals surface area contributed by atoms with Crippen LogP contribution in [-0.2, 0) is 7.05 Å². The molecule has 130 valence electrons. The molecule has 0 spiro atoms. The average Bonchev–Trinajstić information content (AvgIpc) is 3.21. The first-order valence-electron chi connectivity index (χ1n) is 8.18. The van der Waals surface area contributed by atoms with Crippen LogP contribution in [0.2, 0.25) is 0 Å². The van der Waals surface area contributed by atoms with Crippen LogP contribution in [0.3, 0.4) is 0 Å². The van der Waals surface area contributed by atoms with Crippen molar-refractivity contribution < 1.29 is 8.78 Å². The lowest BCUT2D eigenvalue weighted by atomic mass is 10.1. The van der Waals surface area contributed by atoms with Crippen molar-refractivity contribution in [3.8, 4) is 32.4 Å². The van der Waals surface area contributed by atoms with Gasteiger partial charge in [0.05, 0.1) is 16.3 Å². The molecule has 5 heteroatoms. The van der Waals surface area contributed by atoms with E-state index in [1.807, 2.05) is 26.1 Å². The van der Waals surface area contributed by atoms with E-state index in [2.05, 4.69) is 4.57 Å². The van der Waals surface area contributed by atoms with Crippen molar-refractivity contribution in [1.29, 1.82) is 0 Å². The van der Waals surface area contributed by atoms with Gasteiger partial charge in [-0.25, -0.2) is 13.8 Å². The molecule has 0 aliphatic rings. The van der Waals surface area contributed by atoms with Crippen LogP contribution < -0.4 is 0 Å². The maximum atomic E-state index is 13.3. The number of aryl methyl sites for hydroxylation is 1. The van der Waals surface area contributed by atoms with Crippen molar-refractivity contribution >= 4 is 11.3 Å². The lowest BCUT2D eigenvalue weighted by Crippen LogP contribution is -1.93. The summed E-state index contributed by atoms with van der Waals surface area (Å²) in [5, 5.41) is 0.874. The minimum atomic E-state index is -0.286. The molecule has 2 nitrogen and oxygen atoms in total. The number of nitrogens with zero attached hydrogens (tertiary/aromatic N) is 2. The fourth-order valence-corrected chi connectivity index (χ4v) is 4.01. The van der Waals surface area contributed by atoms with Gasteiger partial charge in [0.25, 0.3) is 0 Å². The molecule has 0 aliphatic heterocycles. The van der Waals surface area contributed by atoms with Crippen LogP contribution in [-0.4, -0.2) is 9.55 Å². The molecule has 0 atom stereocenters. The summed E-state index contributed by atoms with van der Waals surface area (Å²) in [5.74, 6) is -0.564. The molecular weight excluding hydrogens is 350 g/mol. The number of hydrogen-bond donors (Lipinski definition) is 0. The highest BCUT2D eigenvalue weighted by molar-refractivity contribution is 7.18. The molecular formula is C21H16F2N2S. The van der Waals surface area contributed by atoms with Crippen LogP contribution in [0.1, 0.15) is 5.69 Å². The fraction of sp³-hybridized carbons (Fsp3) is 0.0952. The zero-order chi connectivity index (χ0) is 18.3. The van der Waals surface area contributed by atoms with E-state index in [0.29, 0.717) is 0 Å². The molecule has 0 amide bonds. The van der Waals surface area contributed by atoms with E-state index < -0.39 is 0 Å². The fourth-order valence-electron chi connectivity index (χ4n) is 2.86. The molecule has 0 aliphatic carbocycles. The summed E-state index contributed by atoms with van der Waals surface area (Å²) in [4.78, 5) is 5.77. The molecule has 26 heavy (non-hydrogen) atoms. The molecule has 0 fully saturated rings. The van der Waals surface area contributed by atoms with E-state index in [9.17, 15) is 8.78 Å². The zero-order valence-corrected chi connectivity index (χ0v) is 15.1. The van der Waals surface area contributed by atoms with Crippen LogP contribution in [0.15, 0.2) is 60.7 Å².